The van der Waals surface area contributed by atoms with E-state index in [1.54, 1.807) is 4.90 Å². The summed E-state index contributed by atoms with van der Waals surface area (Å²) >= 11 is 1.40. The van der Waals surface area contributed by atoms with Gasteiger partial charge in [-0.2, -0.15) is 0 Å². The molecule has 1 saturated heterocycles. The Hall–Kier alpha value is -2.48. The molecule has 2 heterocycles. The molecule has 1 N–H and O–H groups in total. The monoisotopic (exact) mass is 402 g/mol. The van der Waals surface area contributed by atoms with E-state index in [2.05, 4.69) is 22.4 Å². The Morgan fingerprint density at radius 2 is 2.11 bits per heavy atom. The molecule has 1 unspecified atom stereocenters. The number of unbranched alkanes of at least 4 members (excludes halogenated alkanes) is 2. The number of para-hydroxylation sites is 2. The standard InChI is InChI=1S/C20H26N4O3S/c1-3-5-6-11-17-22-23-20(28-17)21-19(26)14-12-18(25)24(13-14)15-9-7-8-10-16(15)27-4-2/h7-10,14H,3-6,11-13H2,1-2H3,(H,21,23,26). The van der Waals surface area contributed by atoms with Crippen LogP contribution in [0.2, 0.25) is 0 Å². The van der Waals surface area contributed by atoms with Gasteiger partial charge in [-0.15, -0.1) is 10.2 Å². The molecule has 1 aliphatic heterocycles. The van der Waals surface area contributed by atoms with Gasteiger partial charge < -0.3 is 15.0 Å². The maximum absolute atomic E-state index is 12.6. The molecule has 7 nitrogen and oxygen atoms in total. The van der Waals surface area contributed by atoms with Crippen LogP contribution in [0.4, 0.5) is 10.8 Å². The number of ether oxygens (including phenoxy) is 1. The second-order valence-corrected chi connectivity index (χ2v) is 7.82. The first kappa shape index (κ1) is 20.3. The largest absolute Gasteiger partial charge is 0.492 e. The third-order valence-electron chi connectivity index (χ3n) is 4.64. The van der Waals surface area contributed by atoms with Gasteiger partial charge in [-0.1, -0.05) is 43.2 Å². The van der Waals surface area contributed by atoms with Gasteiger partial charge in [-0.25, -0.2) is 0 Å². The Kier molecular flexibility index (Phi) is 6.97. The number of nitrogens with zero attached hydrogens (tertiary/aromatic N) is 3. The quantitative estimate of drug-likeness (QED) is 0.647. The van der Waals surface area contributed by atoms with Crippen LogP contribution in [0, 0.1) is 5.92 Å². The van der Waals surface area contributed by atoms with E-state index < -0.39 is 5.92 Å². The molecule has 3 rings (SSSR count). The maximum atomic E-state index is 12.6. The first-order chi connectivity index (χ1) is 13.6. The molecule has 150 valence electrons. The van der Waals surface area contributed by atoms with Crippen molar-refractivity contribution in [1.29, 1.82) is 0 Å². The molecule has 0 radical (unpaired) electrons. The molecular formula is C20H26N4O3S. The number of benzene rings is 1. The van der Waals surface area contributed by atoms with Gasteiger partial charge in [0.05, 0.1) is 18.2 Å². The van der Waals surface area contributed by atoms with Crippen molar-refractivity contribution >= 4 is 34.0 Å². The number of aromatic nitrogens is 2. The summed E-state index contributed by atoms with van der Waals surface area (Å²) < 4.78 is 5.62. The lowest BCUT2D eigenvalue weighted by Gasteiger charge is -2.20. The molecule has 0 bridgehead atoms. The van der Waals surface area contributed by atoms with E-state index in [4.69, 9.17) is 4.74 Å². The number of carbonyl (C=O) groups is 2. The predicted molar refractivity (Wildman–Crippen MR) is 110 cm³/mol. The Balaban J connectivity index is 1.61. The highest BCUT2D eigenvalue weighted by atomic mass is 32.1. The van der Waals surface area contributed by atoms with Crippen molar-refractivity contribution in [1.82, 2.24) is 10.2 Å². The van der Waals surface area contributed by atoms with Gasteiger partial charge in [0.1, 0.15) is 10.8 Å². The van der Waals surface area contributed by atoms with Crippen LogP contribution in [0.3, 0.4) is 0 Å². The molecule has 2 amide bonds. The van der Waals surface area contributed by atoms with Crippen LogP contribution in [0.5, 0.6) is 5.75 Å². The van der Waals surface area contributed by atoms with Crippen molar-refractivity contribution in [2.24, 2.45) is 5.92 Å². The van der Waals surface area contributed by atoms with E-state index >= 15 is 0 Å². The fourth-order valence-electron chi connectivity index (χ4n) is 3.21. The average molecular weight is 403 g/mol. The average Bonchev–Trinajstić information content (AvgIpc) is 3.29. The summed E-state index contributed by atoms with van der Waals surface area (Å²) in [6.45, 7) is 4.90. The molecule has 28 heavy (non-hydrogen) atoms. The molecule has 0 spiro atoms. The summed E-state index contributed by atoms with van der Waals surface area (Å²) in [6.07, 6.45) is 4.44. The van der Waals surface area contributed by atoms with Gasteiger partial charge in [-0.05, 0) is 25.5 Å². The van der Waals surface area contributed by atoms with Crippen molar-refractivity contribution < 1.29 is 14.3 Å². The maximum Gasteiger partial charge on any atom is 0.231 e. The van der Waals surface area contributed by atoms with Gasteiger partial charge >= 0.3 is 0 Å². The molecule has 8 heteroatoms. The van der Waals surface area contributed by atoms with Crippen molar-refractivity contribution in [3.05, 3.63) is 29.3 Å². The van der Waals surface area contributed by atoms with Crippen LogP contribution < -0.4 is 15.0 Å². The summed E-state index contributed by atoms with van der Waals surface area (Å²) in [5, 5.41) is 12.4. The van der Waals surface area contributed by atoms with Crippen LogP contribution >= 0.6 is 11.3 Å². The summed E-state index contributed by atoms with van der Waals surface area (Å²) in [6, 6.07) is 7.41. The molecular weight excluding hydrogens is 376 g/mol. The Labute approximate surface area is 169 Å². The molecule has 1 fully saturated rings. The van der Waals surface area contributed by atoms with Crippen LogP contribution in [0.1, 0.15) is 44.5 Å². The lowest BCUT2D eigenvalue weighted by atomic mass is 10.1. The highest BCUT2D eigenvalue weighted by molar-refractivity contribution is 7.15. The van der Waals surface area contributed by atoms with Crippen LogP contribution in [0.25, 0.3) is 0 Å². The normalized spacial score (nSPS) is 16.4. The zero-order chi connectivity index (χ0) is 19.9. The molecule has 1 aromatic carbocycles. The first-order valence-electron chi connectivity index (χ1n) is 9.77. The van der Waals surface area contributed by atoms with Gasteiger partial charge in [0.25, 0.3) is 0 Å². The minimum absolute atomic E-state index is 0.0789. The van der Waals surface area contributed by atoms with E-state index in [9.17, 15) is 9.59 Å². The molecule has 1 aromatic heterocycles. The van der Waals surface area contributed by atoms with Crippen LogP contribution in [0.15, 0.2) is 24.3 Å². The number of nitrogens with one attached hydrogen (secondary N) is 1. The molecule has 1 aliphatic rings. The van der Waals surface area contributed by atoms with Gasteiger partial charge in [0, 0.05) is 19.4 Å². The molecule has 0 aliphatic carbocycles. The van der Waals surface area contributed by atoms with Gasteiger partial charge in [0.15, 0.2) is 0 Å². The number of aryl methyl sites for hydroxylation is 1. The molecule has 0 saturated carbocycles. The van der Waals surface area contributed by atoms with E-state index in [0.717, 1.165) is 30.7 Å². The van der Waals surface area contributed by atoms with E-state index in [-0.39, 0.29) is 18.2 Å². The second kappa shape index (κ2) is 9.64. The van der Waals surface area contributed by atoms with E-state index in [0.29, 0.717) is 29.7 Å². The molecule has 1 atom stereocenters. The summed E-state index contributed by atoms with van der Waals surface area (Å²) in [5.41, 5.74) is 0.707. The SMILES string of the molecule is CCCCCc1nnc(NC(=O)C2CC(=O)N(c3ccccc3OCC)C2)s1. The highest BCUT2D eigenvalue weighted by Crippen LogP contribution is 2.33. The van der Waals surface area contributed by atoms with Gasteiger partial charge in [0.2, 0.25) is 16.9 Å². The lowest BCUT2D eigenvalue weighted by molar-refractivity contribution is -0.122. The van der Waals surface area contributed by atoms with Crippen LogP contribution in [-0.4, -0.2) is 35.2 Å². The second-order valence-electron chi connectivity index (χ2n) is 6.75. The Morgan fingerprint density at radius 1 is 1.29 bits per heavy atom. The van der Waals surface area contributed by atoms with Gasteiger partial charge in [-0.3, -0.25) is 9.59 Å². The number of rotatable bonds is 9. The Morgan fingerprint density at radius 3 is 2.89 bits per heavy atom. The zero-order valence-corrected chi connectivity index (χ0v) is 17.1. The lowest BCUT2D eigenvalue weighted by Crippen LogP contribution is -2.28. The number of carbonyl (C=O) groups excluding carboxylic acids is 2. The fraction of sp³-hybridized carbons (Fsp3) is 0.500. The topological polar surface area (TPSA) is 84.4 Å². The smallest absolute Gasteiger partial charge is 0.231 e. The third kappa shape index (κ3) is 4.86. The summed E-state index contributed by atoms with van der Waals surface area (Å²) in [7, 11) is 0. The highest BCUT2D eigenvalue weighted by Gasteiger charge is 2.36. The van der Waals surface area contributed by atoms with E-state index in [1.165, 1.54) is 11.3 Å². The van der Waals surface area contributed by atoms with Crippen molar-refractivity contribution in [3.63, 3.8) is 0 Å². The van der Waals surface area contributed by atoms with Crippen molar-refractivity contribution in [3.8, 4) is 5.75 Å². The van der Waals surface area contributed by atoms with Crippen LogP contribution in [-0.2, 0) is 16.0 Å². The summed E-state index contributed by atoms with van der Waals surface area (Å²) in [5.74, 6) is -0.0410. The predicted octanol–water partition coefficient (Wildman–Crippen LogP) is 3.66. The summed E-state index contributed by atoms with van der Waals surface area (Å²) in [4.78, 5) is 26.8. The van der Waals surface area contributed by atoms with E-state index in [1.807, 2.05) is 31.2 Å². The zero-order valence-electron chi connectivity index (χ0n) is 16.3. The first-order valence-corrected chi connectivity index (χ1v) is 10.6. The number of hydrogen-bond donors (Lipinski definition) is 1. The molecule has 2 aromatic rings. The Bertz CT molecular complexity index is 823. The number of anilines is 2. The van der Waals surface area contributed by atoms with Crippen molar-refractivity contribution in [2.75, 3.05) is 23.4 Å². The number of hydrogen-bond acceptors (Lipinski definition) is 6. The van der Waals surface area contributed by atoms with Crippen molar-refractivity contribution in [2.45, 2.75) is 46.0 Å². The minimum atomic E-state index is -0.422. The third-order valence-corrected chi connectivity index (χ3v) is 5.54. The minimum Gasteiger partial charge on any atom is -0.492 e. The number of amides is 2. The fourth-order valence-corrected chi connectivity index (χ4v) is 4.00.